The minimum Gasteiger partial charge on any atom is -0.494 e. The molecule has 184 valence electrons. The van der Waals surface area contributed by atoms with Crippen LogP contribution in [0.4, 0.5) is 16.5 Å². The molecule has 0 N–H and O–H groups in total. The van der Waals surface area contributed by atoms with Crippen molar-refractivity contribution >= 4 is 44.0 Å². The lowest BCUT2D eigenvalue weighted by molar-refractivity contribution is -0.384. The molecule has 5 rings (SSSR count). The lowest BCUT2D eigenvalue weighted by atomic mass is 10.1. The van der Waals surface area contributed by atoms with E-state index in [4.69, 9.17) is 9.72 Å². The number of benzene rings is 2. The molecule has 9 nitrogen and oxygen atoms in total. The molecular formula is C25H29N5O4S. The van der Waals surface area contributed by atoms with E-state index in [1.54, 1.807) is 28.4 Å². The van der Waals surface area contributed by atoms with Crippen molar-refractivity contribution in [2.45, 2.75) is 26.2 Å². The van der Waals surface area contributed by atoms with Gasteiger partial charge in [-0.2, -0.15) is 0 Å². The molecule has 3 heterocycles. The number of aromatic nitrogens is 1. The van der Waals surface area contributed by atoms with Crippen molar-refractivity contribution in [2.75, 3.05) is 55.7 Å². The van der Waals surface area contributed by atoms with Crippen molar-refractivity contribution in [3.05, 3.63) is 52.1 Å². The molecule has 35 heavy (non-hydrogen) atoms. The van der Waals surface area contributed by atoms with Crippen LogP contribution in [0.1, 0.15) is 36.5 Å². The third-order valence-electron chi connectivity index (χ3n) is 6.61. The minimum absolute atomic E-state index is 0.0114. The van der Waals surface area contributed by atoms with E-state index in [1.807, 2.05) is 25.1 Å². The first-order valence-electron chi connectivity index (χ1n) is 12.1. The summed E-state index contributed by atoms with van der Waals surface area (Å²) < 4.78 is 6.67. The molecule has 2 aliphatic rings. The number of ether oxygens (including phenoxy) is 1. The number of carbonyl (C=O) groups excluding carboxylic acids is 1. The second kappa shape index (κ2) is 10.1. The molecule has 10 heteroatoms. The molecule has 2 fully saturated rings. The van der Waals surface area contributed by atoms with Gasteiger partial charge in [0.2, 0.25) is 0 Å². The summed E-state index contributed by atoms with van der Waals surface area (Å²) >= 11 is 1.62. The summed E-state index contributed by atoms with van der Waals surface area (Å²) in [5.41, 5.74) is 1.93. The van der Waals surface area contributed by atoms with E-state index in [-0.39, 0.29) is 16.5 Å². The topological polar surface area (TPSA) is 92.1 Å². The number of nitrogens with zero attached hydrogens (tertiary/aromatic N) is 5. The SMILES string of the molecule is CCOc1ccc2nc(N3CCN(C(=O)c4ccc(N5CCCCC5)c([N+](=O)[O-])c4)CC3)sc2c1. The highest BCUT2D eigenvalue weighted by atomic mass is 32.1. The zero-order valence-electron chi connectivity index (χ0n) is 19.8. The summed E-state index contributed by atoms with van der Waals surface area (Å²) in [6.45, 7) is 6.63. The van der Waals surface area contributed by atoms with Gasteiger partial charge in [-0.25, -0.2) is 4.98 Å². The van der Waals surface area contributed by atoms with Gasteiger partial charge in [-0.15, -0.1) is 0 Å². The molecular weight excluding hydrogens is 466 g/mol. The predicted molar refractivity (Wildman–Crippen MR) is 138 cm³/mol. The Kier molecular flexibility index (Phi) is 6.72. The Morgan fingerprint density at radius 1 is 1.03 bits per heavy atom. The average Bonchev–Trinajstić information content (AvgIpc) is 3.32. The fraction of sp³-hybridized carbons (Fsp3) is 0.440. The molecule has 0 saturated carbocycles. The van der Waals surface area contributed by atoms with Crippen LogP contribution in [0.5, 0.6) is 5.75 Å². The van der Waals surface area contributed by atoms with Crippen LogP contribution < -0.4 is 14.5 Å². The summed E-state index contributed by atoms with van der Waals surface area (Å²) in [4.78, 5) is 35.4. The number of anilines is 2. The molecule has 1 aromatic heterocycles. The second-order valence-corrected chi connectivity index (χ2v) is 9.86. The Morgan fingerprint density at radius 3 is 2.51 bits per heavy atom. The van der Waals surface area contributed by atoms with Gasteiger partial charge in [-0.1, -0.05) is 11.3 Å². The smallest absolute Gasteiger partial charge is 0.293 e. The predicted octanol–water partition coefficient (Wildman–Crippen LogP) is 4.56. The van der Waals surface area contributed by atoms with Crippen LogP contribution in [0.3, 0.4) is 0 Å². The molecule has 0 bridgehead atoms. The number of piperidine rings is 1. The van der Waals surface area contributed by atoms with E-state index in [0.717, 1.165) is 53.4 Å². The van der Waals surface area contributed by atoms with E-state index in [1.165, 1.54) is 6.07 Å². The van der Waals surface area contributed by atoms with Crippen molar-refractivity contribution in [2.24, 2.45) is 0 Å². The fourth-order valence-electron chi connectivity index (χ4n) is 4.77. The number of nitro groups is 1. The Morgan fingerprint density at radius 2 is 1.80 bits per heavy atom. The molecule has 2 saturated heterocycles. The van der Waals surface area contributed by atoms with Gasteiger partial charge < -0.3 is 19.4 Å². The third-order valence-corrected chi connectivity index (χ3v) is 7.69. The summed E-state index contributed by atoms with van der Waals surface area (Å²) in [6, 6.07) is 10.8. The van der Waals surface area contributed by atoms with Crippen molar-refractivity contribution < 1.29 is 14.5 Å². The highest BCUT2D eigenvalue weighted by molar-refractivity contribution is 7.22. The maximum Gasteiger partial charge on any atom is 0.293 e. The van der Waals surface area contributed by atoms with Gasteiger partial charge in [-0.05, 0) is 56.5 Å². The maximum absolute atomic E-state index is 13.2. The Bertz CT molecular complexity index is 1230. The van der Waals surface area contributed by atoms with Gasteiger partial charge in [0.15, 0.2) is 5.13 Å². The Balaban J connectivity index is 1.27. The van der Waals surface area contributed by atoms with Crippen LogP contribution in [-0.2, 0) is 0 Å². The fourth-order valence-corrected chi connectivity index (χ4v) is 5.82. The van der Waals surface area contributed by atoms with Gasteiger partial charge in [0.25, 0.3) is 11.6 Å². The number of thiazole rings is 1. The largest absolute Gasteiger partial charge is 0.494 e. The van der Waals surface area contributed by atoms with Crippen LogP contribution in [-0.4, -0.2) is 66.6 Å². The average molecular weight is 496 g/mol. The standard InChI is InChI=1S/C25H29N5O4S/c1-2-34-19-7-8-20-23(17-19)35-25(26-20)29-14-12-28(13-15-29)24(31)18-6-9-21(22(16-18)30(32)33)27-10-4-3-5-11-27/h6-9,16-17H,2-5,10-15H2,1H3. The summed E-state index contributed by atoms with van der Waals surface area (Å²) in [5, 5.41) is 12.7. The second-order valence-electron chi connectivity index (χ2n) is 8.85. The minimum atomic E-state index is -0.372. The van der Waals surface area contributed by atoms with Crippen molar-refractivity contribution in [1.82, 2.24) is 9.88 Å². The molecule has 0 atom stereocenters. The van der Waals surface area contributed by atoms with Gasteiger partial charge in [-0.3, -0.25) is 14.9 Å². The quantitative estimate of drug-likeness (QED) is 0.366. The van der Waals surface area contributed by atoms with E-state index >= 15 is 0 Å². The molecule has 3 aromatic rings. The van der Waals surface area contributed by atoms with Crippen molar-refractivity contribution in [3.63, 3.8) is 0 Å². The third kappa shape index (κ3) is 4.88. The summed E-state index contributed by atoms with van der Waals surface area (Å²) in [7, 11) is 0. The normalized spacial score (nSPS) is 16.5. The number of piperazine rings is 1. The molecule has 0 aliphatic carbocycles. The van der Waals surface area contributed by atoms with Crippen LogP contribution in [0.2, 0.25) is 0 Å². The lowest BCUT2D eigenvalue weighted by Crippen LogP contribution is -2.48. The molecule has 0 spiro atoms. The van der Waals surface area contributed by atoms with Crippen molar-refractivity contribution in [3.8, 4) is 5.75 Å². The van der Waals surface area contributed by atoms with E-state index < -0.39 is 0 Å². The number of nitro benzene ring substituents is 1. The number of hydrogen-bond donors (Lipinski definition) is 0. The van der Waals surface area contributed by atoms with Crippen LogP contribution >= 0.6 is 11.3 Å². The van der Waals surface area contributed by atoms with E-state index in [2.05, 4.69) is 9.80 Å². The Hall–Kier alpha value is -3.40. The Labute approximate surface area is 208 Å². The maximum atomic E-state index is 13.2. The molecule has 0 radical (unpaired) electrons. The number of amides is 1. The zero-order chi connectivity index (χ0) is 24.4. The number of fused-ring (bicyclic) bond motifs is 1. The summed E-state index contributed by atoms with van der Waals surface area (Å²) in [5.74, 6) is 0.676. The number of carbonyl (C=O) groups is 1. The van der Waals surface area contributed by atoms with Crippen molar-refractivity contribution in [1.29, 1.82) is 0 Å². The van der Waals surface area contributed by atoms with Gasteiger partial charge in [0.1, 0.15) is 11.4 Å². The van der Waals surface area contributed by atoms with Gasteiger partial charge >= 0.3 is 0 Å². The highest BCUT2D eigenvalue weighted by Crippen LogP contribution is 2.33. The number of rotatable bonds is 6. The first-order chi connectivity index (χ1) is 17.0. The zero-order valence-corrected chi connectivity index (χ0v) is 20.6. The molecule has 2 aromatic carbocycles. The first-order valence-corrected chi connectivity index (χ1v) is 13.0. The van der Waals surface area contributed by atoms with Crippen LogP contribution in [0, 0.1) is 10.1 Å². The molecule has 1 amide bonds. The van der Waals surface area contributed by atoms with E-state index in [9.17, 15) is 14.9 Å². The molecule has 2 aliphatic heterocycles. The van der Waals surface area contributed by atoms with E-state index in [0.29, 0.717) is 44.0 Å². The highest BCUT2D eigenvalue weighted by Gasteiger charge is 2.27. The number of hydrogen-bond acceptors (Lipinski definition) is 8. The van der Waals surface area contributed by atoms with Gasteiger partial charge in [0, 0.05) is 50.9 Å². The van der Waals surface area contributed by atoms with Gasteiger partial charge in [0.05, 0.1) is 21.7 Å². The first kappa shape index (κ1) is 23.3. The van der Waals surface area contributed by atoms with Crippen LogP contribution in [0.25, 0.3) is 10.2 Å². The lowest BCUT2D eigenvalue weighted by Gasteiger charge is -2.34. The van der Waals surface area contributed by atoms with Crippen LogP contribution in [0.15, 0.2) is 36.4 Å². The molecule has 0 unspecified atom stereocenters. The monoisotopic (exact) mass is 495 g/mol. The summed E-state index contributed by atoms with van der Waals surface area (Å²) in [6.07, 6.45) is 3.22.